The number of rotatable bonds is 5. The van der Waals surface area contributed by atoms with E-state index in [0.717, 1.165) is 17.5 Å². The molecule has 6 nitrogen and oxygen atoms in total. The minimum Gasteiger partial charge on any atom is -0.378 e. The molecule has 8 heteroatoms. The van der Waals surface area contributed by atoms with E-state index in [4.69, 9.17) is 11.6 Å². The molecule has 1 unspecified atom stereocenters. The molecule has 0 fully saturated rings. The van der Waals surface area contributed by atoms with Crippen LogP contribution in [0.1, 0.15) is 18.5 Å². The molecule has 2 N–H and O–H groups in total. The summed E-state index contributed by atoms with van der Waals surface area (Å²) >= 11 is 6.09. The number of aryl methyl sites for hydroxylation is 1. The zero-order valence-electron chi connectivity index (χ0n) is 12.0. The SMILES string of the molecule is CC(Nc1ccc(NS(C)(=O)=O)c(Cl)c1)c1cnn(C)c1. The quantitative estimate of drug-likeness (QED) is 0.884. The molecule has 0 aliphatic carbocycles. The van der Waals surface area contributed by atoms with E-state index in [2.05, 4.69) is 15.1 Å². The van der Waals surface area contributed by atoms with Gasteiger partial charge in [0.15, 0.2) is 0 Å². The van der Waals surface area contributed by atoms with E-state index >= 15 is 0 Å². The summed E-state index contributed by atoms with van der Waals surface area (Å²) in [6, 6.07) is 5.14. The van der Waals surface area contributed by atoms with Gasteiger partial charge < -0.3 is 5.32 Å². The Morgan fingerprint density at radius 3 is 2.62 bits per heavy atom. The molecule has 1 atom stereocenters. The van der Waals surface area contributed by atoms with Gasteiger partial charge in [-0.2, -0.15) is 5.10 Å². The van der Waals surface area contributed by atoms with E-state index in [-0.39, 0.29) is 6.04 Å². The van der Waals surface area contributed by atoms with Crippen LogP contribution in [0.25, 0.3) is 0 Å². The Kier molecular flexibility index (Phi) is 4.43. The highest BCUT2D eigenvalue weighted by Crippen LogP contribution is 2.28. The molecular formula is C13H17ClN4O2S. The maximum Gasteiger partial charge on any atom is 0.229 e. The van der Waals surface area contributed by atoms with Crippen molar-refractivity contribution in [1.82, 2.24) is 9.78 Å². The van der Waals surface area contributed by atoms with Crippen molar-refractivity contribution >= 4 is 33.0 Å². The van der Waals surface area contributed by atoms with Gasteiger partial charge in [-0.15, -0.1) is 0 Å². The number of nitrogens with one attached hydrogen (secondary N) is 2. The molecule has 0 saturated carbocycles. The van der Waals surface area contributed by atoms with E-state index in [0.29, 0.717) is 10.7 Å². The molecule has 1 heterocycles. The van der Waals surface area contributed by atoms with Gasteiger partial charge in [-0.25, -0.2) is 8.42 Å². The summed E-state index contributed by atoms with van der Waals surface area (Å²) in [7, 11) is -1.48. The van der Waals surface area contributed by atoms with Gasteiger partial charge in [-0.3, -0.25) is 9.40 Å². The predicted molar refractivity (Wildman–Crippen MR) is 85.2 cm³/mol. The molecule has 0 aliphatic rings. The smallest absolute Gasteiger partial charge is 0.229 e. The van der Waals surface area contributed by atoms with E-state index < -0.39 is 10.0 Å². The first-order valence-corrected chi connectivity index (χ1v) is 8.54. The summed E-state index contributed by atoms with van der Waals surface area (Å²) in [4.78, 5) is 0. The first-order valence-electron chi connectivity index (χ1n) is 6.27. The van der Waals surface area contributed by atoms with Crippen molar-refractivity contribution < 1.29 is 8.42 Å². The fourth-order valence-electron chi connectivity index (χ4n) is 1.88. The van der Waals surface area contributed by atoms with Gasteiger partial charge in [0.2, 0.25) is 10.0 Å². The lowest BCUT2D eigenvalue weighted by Gasteiger charge is -2.15. The Labute approximate surface area is 129 Å². The summed E-state index contributed by atoms with van der Waals surface area (Å²) in [6.07, 6.45) is 4.80. The highest BCUT2D eigenvalue weighted by Gasteiger charge is 2.10. The van der Waals surface area contributed by atoms with E-state index in [9.17, 15) is 8.42 Å². The van der Waals surface area contributed by atoms with Gasteiger partial charge in [-0.05, 0) is 25.1 Å². The number of benzene rings is 1. The number of halogens is 1. The van der Waals surface area contributed by atoms with Crippen LogP contribution in [0, 0.1) is 0 Å². The lowest BCUT2D eigenvalue weighted by atomic mass is 10.2. The molecule has 0 saturated heterocycles. The van der Waals surface area contributed by atoms with Crippen molar-refractivity contribution in [2.24, 2.45) is 7.05 Å². The summed E-state index contributed by atoms with van der Waals surface area (Å²) in [5, 5.41) is 7.75. The van der Waals surface area contributed by atoms with Crippen LogP contribution in [0.3, 0.4) is 0 Å². The fraction of sp³-hybridized carbons (Fsp3) is 0.308. The largest absolute Gasteiger partial charge is 0.378 e. The third kappa shape index (κ3) is 4.37. The predicted octanol–water partition coefficient (Wildman–Crippen LogP) is 2.62. The molecule has 1 aromatic carbocycles. The van der Waals surface area contributed by atoms with Crippen molar-refractivity contribution in [3.63, 3.8) is 0 Å². The first-order chi connectivity index (χ1) is 9.74. The van der Waals surface area contributed by atoms with Crippen molar-refractivity contribution in [3.8, 4) is 0 Å². The average molecular weight is 329 g/mol. The van der Waals surface area contributed by atoms with Crippen LogP contribution < -0.4 is 10.0 Å². The zero-order valence-corrected chi connectivity index (χ0v) is 13.5. The van der Waals surface area contributed by atoms with Gasteiger partial charge in [0, 0.05) is 24.5 Å². The standard InChI is InChI=1S/C13H17ClN4O2S/c1-9(10-7-15-18(2)8-10)16-11-4-5-13(12(14)6-11)17-21(3,19)20/h4-9,16-17H,1-3H3. The highest BCUT2D eigenvalue weighted by molar-refractivity contribution is 7.92. The highest BCUT2D eigenvalue weighted by atomic mass is 35.5. The van der Waals surface area contributed by atoms with E-state index in [1.807, 2.05) is 20.2 Å². The topological polar surface area (TPSA) is 76.0 Å². The van der Waals surface area contributed by atoms with Crippen molar-refractivity contribution in [2.45, 2.75) is 13.0 Å². The lowest BCUT2D eigenvalue weighted by Crippen LogP contribution is -2.10. The van der Waals surface area contributed by atoms with Crippen molar-refractivity contribution in [3.05, 3.63) is 41.2 Å². The third-order valence-electron chi connectivity index (χ3n) is 2.87. The lowest BCUT2D eigenvalue weighted by molar-refractivity contribution is 0.607. The summed E-state index contributed by atoms with van der Waals surface area (Å²) in [5.74, 6) is 0. The summed E-state index contributed by atoms with van der Waals surface area (Å²) in [6.45, 7) is 2.01. The molecule has 2 rings (SSSR count). The number of aromatic nitrogens is 2. The number of hydrogen-bond donors (Lipinski definition) is 2. The minimum absolute atomic E-state index is 0.0588. The molecular weight excluding hydrogens is 312 g/mol. The Balaban J connectivity index is 2.13. The Morgan fingerprint density at radius 2 is 2.10 bits per heavy atom. The van der Waals surface area contributed by atoms with E-state index in [1.54, 1.807) is 29.1 Å². The van der Waals surface area contributed by atoms with Crippen LogP contribution in [0.2, 0.25) is 5.02 Å². The van der Waals surface area contributed by atoms with Crippen LogP contribution in [-0.4, -0.2) is 24.5 Å². The maximum atomic E-state index is 11.2. The van der Waals surface area contributed by atoms with Crippen LogP contribution >= 0.6 is 11.6 Å². The van der Waals surface area contributed by atoms with Crippen LogP contribution in [-0.2, 0) is 17.1 Å². The third-order valence-corrected chi connectivity index (χ3v) is 3.78. The van der Waals surface area contributed by atoms with Crippen LogP contribution in [0.4, 0.5) is 11.4 Å². The second-order valence-electron chi connectivity index (χ2n) is 4.88. The molecule has 114 valence electrons. The summed E-state index contributed by atoms with van der Waals surface area (Å²) < 4.78 is 26.5. The van der Waals surface area contributed by atoms with Gasteiger partial charge in [0.05, 0.1) is 29.2 Å². The molecule has 0 radical (unpaired) electrons. The fourth-order valence-corrected chi connectivity index (χ4v) is 2.75. The second kappa shape index (κ2) is 5.95. The number of anilines is 2. The molecule has 0 spiro atoms. The number of nitrogens with zero attached hydrogens (tertiary/aromatic N) is 2. The van der Waals surface area contributed by atoms with Gasteiger partial charge in [0.1, 0.15) is 0 Å². The molecule has 21 heavy (non-hydrogen) atoms. The monoisotopic (exact) mass is 328 g/mol. The van der Waals surface area contributed by atoms with Gasteiger partial charge >= 0.3 is 0 Å². The van der Waals surface area contributed by atoms with Gasteiger partial charge in [0.25, 0.3) is 0 Å². The van der Waals surface area contributed by atoms with Crippen LogP contribution in [0.15, 0.2) is 30.6 Å². The normalized spacial score (nSPS) is 13.0. The minimum atomic E-state index is -3.34. The summed E-state index contributed by atoms with van der Waals surface area (Å²) in [5.41, 5.74) is 2.21. The van der Waals surface area contributed by atoms with Gasteiger partial charge in [-0.1, -0.05) is 11.6 Å². The molecule has 2 aromatic rings. The molecule has 0 amide bonds. The number of hydrogen-bond acceptors (Lipinski definition) is 4. The first kappa shape index (κ1) is 15.7. The van der Waals surface area contributed by atoms with Crippen LogP contribution in [0.5, 0.6) is 0 Å². The Morgan fingerprint density at radius 1 is 1.38 bits per heavy atom. The van der Waals surface area contributed by atoms with E-state index in [1.165, 1.54) is 0 Å². The van der Waals surface area contributed by atoms with Crippen molar-refractivity contribution in [1.29, 1.82) is 0 Å². The molecule has 0 aliphatic heterocycles. The van der Waals surface area contributed by atoms with Crippen molar-refractivity contribution in [2.75, 3.05) is 16.3 Å². The Hall–Kier alpha value is -1.73. The average Bonchev–Trinajstić information content (AvgIpc) is 2.78. The maximum absolute atomic E-state index is 11.2. The number of sulfonamides is 1. The molecule has 1 aromatic heterocycles. The Bertz CT molecular complexity index is 742. The molecule has 0 bridgehead atoms. The second-order valence-corrected chi connectivity index (χ2v) is 7.04. The zero-order chi connectivity index (χ0) is 15.6.